The molecule has 1 N–H and O–H groups in total. The average Bonchev–Trinajstić information content (AvgIpc) is 3.26. The summed E-state index contributed by atoms with van der Waals surface area (Å²) in [4.78, 5) is 18.3. The van der Waals surface area contributed by atoms with Gasteiger partial charge in [-0.3, -0.25) is 4.79 Å². The topological polar surface area (TPSA) is 59.8 Å². The standard InChI is InChI=1S/C30H28N4O/c1-5-22-11-14-24(15-12-22)34-21(4)27(18-31-34)29-17-26(25-8-6-7-9-28(25)33-29)30(35)32-23-13-10-19(2)20(3)16-23/h6-18H,5H2,1-4H3,(H,32,35). The van der Waals surface area contributed by atoms with Crippen LogP contribution in [0.2, 0.25) is 0 Å². The molecule has 3 aromatic carbocycles. The molecular formula is C30H28N4O. The van der Waals surface area contributed by atoms with E-state index in [1.807, 2.05) is 73.3 Å². The van der Waals surface area contributed by atoms with Crippen LogP contribution in [-0.2, 0) is 6.42 Å². The highest BCUT2D eigenvalue weighted by Gasteiger charge is 2.17. The first-order chi connectivity index (χ1) is 16.9. The van der Waals surface area contributed by atoms with Gasteiger partial charge in [0.1, 0.15) is 0 Å². The molecule has 5 heteroatoms. The molecule has 5 rings (SSSR count). The SMILES string of the molecule is CCc1ccc(-n2ncc(-c3cc(C(=O)Nc4ccc(C)c(C)c4)c4ccccc4n3)c2C)cc1. The monoisotopic (exact) mass is 460 g/mol. The summed E-state index contributed by atoms with van der Waals surface area (Å²) in [7, 11) is 0. The number of benzene rings is 3. The van der Waals surface area contributed by atoms with Crippen molar-refractivity contribution in [2.75, 3.05) is 5.32 Å². The lowest BCUT2D eigenvalue weighted by atomic mass is 10.0. The zero-order valence-electron chi connectivity index (χ0n) is 20.5. The molecule has 0 spiro atoms. The molecule has 0 saturated carbocycles. The highest BCUT2D eigenvalue weighted by molar-refractivity contribution is 6.13. The maximum Gasteiger partial charge on any atom is 0.256 e. The fourth-order valence-electron chi connectivity index (χ4n) is 4.31. The predicted octanol–water partition coefficient (Wildman–Crippen LogP) is 6.83. The highest BCUT2D eigenvalue weighted by Crippen LogP contribution is 2.29. The van der Waals surface area contributed by atoms with Gasteiger partial charge in [0.15, 0.2) is 0 Å². The number of anilines is 1. The van der Waals surface area contributed by atoms with Gasteiger partial charge < -0.3 is 5.32 Å². The van der Waals surface area contributed by atoms with Gasteiger partial charge in [0.05, 0.1) is 34.4 Å². The molecule has 0 saturated heterocycles. The second kappa shape index (κ2) is 9.18. The summed E-state index contributed by atoms with van der Waals surface area (Å²) in [5, 5.41) is 8.52. The van der Waals surface area contributed by atoms with Gasteiger partial charge in [-0.2, -0.15) is 5.10 Å². The Morgan fingerprint density at radius 2 is 1.69 bits per heavy atom. The molecule has 2 aromatic heterocycles. The minimum atomic E-state index is -0.159. The molecule has 0 aliphatic heterocycles. The van der Waals surface area contributed by atoms with Crippen LogP contribution in [0.3, 0.4) is 0 Å². The van der Waals surface area contributed by atoms with Gasteiger partial charge in [-0.1, -0.05) is 43.3 Å². The van der Waals surface area contributed by atoms with E-state index in [-0.39, 0.29) is 5.91 Å². The van der Waals surface area contributed by atoms with E-state index >= 15 is 0 Å². The van der Waals surface area contributed by atoms with Gasteiger partial charge in [-0.25, -0.2) is 9.67 Å². The quantitative estimate of drug-likeness (QED) is 0.313. The van der Waals surface area contributed by atoms with E-state index < -0.39 is 0 Å². The number of aromatic nitrogens is 3. The Balaban J connectivity index is 1.56. The molecule has 0 aliphatic rings. The molecule has 0 atom stereocenters. The van der Waals surface area contributed by atoms with Crippen molar-refractivity contribution in [2.24, 2.45) is 0 Å². The number of pyridine rings is 1. The van der Waals surface area contributed by atoms with E-state index in [1.54, 1.807) is 0 Å². The number of amides is 1. The molecule has 0 radical (unpaired) electrons. The van der Waals surface area contributed by atoms with Crippen molar-refractivity contribution in [1.29, 1.82) is 0 Å². The van der Waals surface area contributed by atoms with Crippen LogP contribution < -0.4 is 5.32 Å². The summed E-state index contributed by atoms with van der Waals surface area (Å²) < 4.78 is 1.92. The lowest BCUT2D eigenvalue weighted by Gasteiger charge is -2.12. The van der Waals surface area contributed by atoms with Crippen LogP contribution in [0.5, 0.6) is 0 Å². The molecule has 0 unspecified atom stereocenters. The molecule has 5 aromatic rings. The van der Waals surface area contributed by atoms with Gasteiger partial charge >= 0.3 is 0 Å². The minimum Gasteiger partial charge on any atom is -0.322 e. The van der Waals surface area contributed by atoms with Gasteiger partial charge in [0.25, 0.3) is 5.91 Å². The second-order valence-electron chi connectivity index (χ2n) is 8.90. The number of fused-ring (bicyclic) bond motifs is 1. The Labute approximate surface area is 205 Å². The van der Waals surface area contributed by atoms with Crippen molar-refractivity contribution in [2.45, 2.75) is 34.1 Å². The Hall–Kier alpha value is -4.25. The molecule has 174 valence electrons. The fraction of sp³-hybridized carbons (Fsp3) is 0.167. The number of nitrogens with one attached hydrogen (secondary N) is 1. The Morgan fingerprint density at radius 1 is 0.914 bits per heavy atom. The summed E-state index contributed by atoms with van der Waals surface area (Å²) >= 11 is 0. The van der Waals surface area contributed by atoms with Crippen LogP contribution in [0, 0.1) is 20.8 Å². The van der Waals surface area contributed by atoms with Gasteiger partial charge in [0, 0.05) is 16.6 Å². The van der Waals surface area contributed by atoms with Gasteiger partial charge in [-0.05, 0) is 80.3 Å². The highest BCUT2D eigenvalue weighted by atomic mass is 16.1. The summed E-state index contributed by atoms with van der Waals surface area (Å²) in [6.07, 6.45) is 2.82. The minimum absolute atomic E-state index is 0.159. The fourth-order valence-corrected chi connectivity index (χ4v) is 4.31. The number of para-hydroxylation sites is 1. The van der Waals surface area contributed by atoms with Crippen LogP contribution in [0.25, 0.3) is 27.8 Å². The molecule has 5 nitrogen and oxygen atoms in total. The number of aryl methyl sites for hydroxylation is 3. The molecule has 0 bridgehead atoms. The van der Waals surface area contributed by atoms with Gasteiger partial charge in [-0.15, -0.1) is 0 Å². The Morgan fingerprint density at radius 3 is 2.43 bits per heavy atom. The van der Waals surface area contributed by atoms with Crippen LogP contribution in [0.15, 0.2) is 79.0 Å². The van der Waals surface area contributed by atoms with E-state index in [2.05, 4.69) is 48.5 Å². The van der Waals surface area contributed by atoms with Crippen LogP contribution in [0.1, 0.15) is 39.7 Å². The largest absolute Gasteiger partial charge is 0.322 e. The Kier molecular flexibility index (Phi) is 5.91. The average molecular weight is 461 g/mol. The van der Waals surface area contributed by atoms with Gasteiger partial charge in [0.2, 0.25) is 0 Å². The smallest absolute Gasteiger partial charge is 0.256 e. The van der Waals surface area contributed by atoms with Crippen LogP contribution in [-0.4, -0.2) is 20.7 Å². The second-order valence-corrected chi connectivity index (χ2v) is 8.90. The third-order valence-corrected chi connectivity index (χ3v) is 6.60. The van der Waals surface area contributed by atoms with E-state index in [0.717, 1.165) is 51.2 Å². The van der Waals surface area contributed by atoms with Crippen LogP contribution >= 0.6 is 0 Å². The van der Waals surface area contributed by atoms with E-state index in [0.29, 0.717) is 5.56 Å². The van der Waals surface area contributed by atoms with Crippen LogP contribution in [0.4, 0.5) is 5.69 Å². The van der Waals surface area contributed by atoms with Crippen molar-refractivity contribution in [3.63, 3.8) is 0 Å². The first-order valence-corrected chi connectivity index (χ1v) is 11.9. The molecular weight excluding hydrogens is 432 g/mol. The molecule has 0 fully saturated rings. The van der Waals surface area contributed by atoms with Crippen molar-refractivity contribution >= 4 is 22.5 Å². The molecule has 1 amide bonds. The molecule has 2 heterocycles. The third-order valence-electron chi connectivity index (χ3n) is 6.60. The van der Waals surface area contributed by atoms with Crippen molar-refractivity contribution < 1.29 is 4.79 Å². The molecule has 0 aliphatic carbocycles. The summed E-state index contributed by atoms with van der Waals surface area (Å²) in [6, 6.07) is 24.0. The predicted molar refractivity (Wildman–Crippen MR) is 142 cm³/mol. The first-order valence-electron chi connectivity index (χ1n) is 11.9. The van der Waals surface area contributed by atoms with Crippen molar-refractivity contribution in [3.05, 3.63) is 107 Å². The number of carbonyl (C=O) groups excluding carboxylic acids is 1. The van der Waals surface area contributed by atoms with Crippen molar-refractivity contribution in [1.82, 2.24) is 14.8 Å². The number of rotatable bonds is 5. The summed E-state index contributed by atoms with van der Waals surface area (Å²) in [5.41, 5.74) is 9.34. The number of hydrogen-bond acceptors (Lipinski definition) is 3. The third kappa shape index (κ3) is 4.33. The lowest BCUT2D eigenvalue weighted by Crippen LogP contribution is -2.13. The summed E-state index contributed by atoms with van der Waals surface area (Å²) in [5.74, 6) is -0.159. The van der Waals surface area contributed by atoms with E-state index in [1.165, 1.54) is 11.1 Å². The number of carbonyl (C=O) groups is 1. The zero-order valence-corrected chi connectivity index (χ0v) is 20.5. The maximum atomic E-state index is 13.4. The maximum absolute atomic E-state index is 13.4. The first kappa shape index (κ1) is 22.5. The Bertz CT molecular complexity index is 1550. The number of hydrogen-bond donors (Lipinski definition) is 1. The normalized spacial score (nSPS) is 11.1. The van der Waals surface area contributed by atoms with E-state index in [9.17, 15) is 4.79 Å². The number of nitrogens with zero attached hydrogens (tertiary/aromatic N) is 3. The van der Waals surface area contributed by atoms with Crippen molar-refractivity contribution in [3.8, 4) is 16.9 Å². The van der Waals surface area contributed by atoms with E-state index in [4.69, 9.17) is 4.98 Å². The molecule has 35 heavy (non-hydrogen) atoms. The summed E-state index contributed by atoms with van der Waals surface area (Å²) in [6.45, 7) is 8.28. The zero-order chi connectivity index (χ0) is 24.5. The lowest BCUT2D eigenvalue weighted by molar-refractivity contribution is 0.102.